The first kappa shape index (κ1) is 13.7. The molecule has 0 bridgehead atoms. The van der Waals surface area contributed by atoms with Gasteiger partial charge in [-0.3, -0.25) is 0 Å². The lowest BCUT2D eigenvalue weighted by Gasteiger charge is -2.19. The van der Waals surface area contributed by atoms with E-state index in [1.54, 1.807) is 6.33 Å². The number of benzene rings is 1. The van der Waals surface area contributed by atoms with Crippen molar-refractivity contribution in [2.45, 2.75) is 32.7 Å². The van der Waals surface area contributed by atoms with Crippen LogP contribution in [0.15, 0.2) is 43.0 Å². The van der Waals surface area contributed by atoms with Gasteiger partial charge in [0.2, 0.25) is 0 Å². The van der Waals surface area contributed by atoms with Crippen molar-refractivity contribution in [3.63, 3.8) is 0 Å². The fourth-order valence-electron chi connectivity index (χ4n) is 2.18. The fourth-order valence-corrected chi connectivity index (χ4v) is 2.18. The summed E-state index contributed by atoms with van der Waals surface area (Å²) in [5.41, 5.74) is 3.86. The molecule has 0 saturated heterocycles. The second kappa shape index (κ2) is 7.00. The largest absolute Gasteiger partial charge is 0.310 e. The molecule has 0 spiro atoms. The minimum Gasteiger partial charge on any atom is -0.310 e. The van der Waals surface area contributed by atoms with Gasteiger partial charge in [0, 0.05) is 24.0 Å². The summed E-state index contributed by atoms with van der Waals surface area (Å²) >= 11 is 0. The van der Waals surface area contributed by atoms with Gasteiger partial charge in [0.05, 0.1) is 0 Å². The molecule has 0 radical (unpaired) electrons. The molecule has 2 rings (SSSR count). The zero-order valence-corrected chi connectivity index (χ0v) is 11.6. The van der Waals surface area contributed by atoms with Crippen molar-refractivity contribution in [2.75, 3.05) is 6.54 Å². The number of rotatable bonds is 6. The summed E-state index contributed by atoms with van der Waals surface area (Å²) in [4.78, 5) is 8.25. The lowest BCUT2D eigenvalue weighted by molar-refractivity contribution is 0.525. The molecule has 1 unspecified atom stereocenters. The highest BCUT2D eigenvalue weighted by Crippen LogP contribution is 2.19. The van der Waals surface area contributed by atoms with Crippen LogP contribution in [-0.4, -0.2) is 16.5 Å². The first-order valence-corrected chi connectivity index (χ1v) is 6.84. The van der Waals surface area contributed by atoms with E-state index in [0.29, 0.717) is 0 Å². The van der Waals surface area contributed by atoms with Crippen LogP contribution in [0.3, 0.4) is 0 Å². The van der Waals surface area contributed by atoms with E-state index in [-0.39, 0.29) is 6.04 Å². The maximum absolute atomic E-state index is 4.13. The highest BCUT2D eigenvalue weighted by atomic mass is 14.9. The van der Waals surface area contributed by atoms with Crippen molar-refractivity contribution in [1.29, 1.82) is 0 Å². The van der Waals surface area contributed by atoms with E-state index in [1.807, 2.05) is 12.4 Å². The highest BCUT2D eigenvalue weighted by molar-refractivity contribution is 5.28. The van der Waals surface area contributed by atoms with Crippen molar-refractivity contribution >= 4 is 0 Å². The molecule has 0 aliphatic carbocycles. The molecule has 0 aliphatic heterocycles. The predicted molar refractivity (Wildman–Crippen MR) is 77.9 cm³/mol. The van der Waals surface area contributed by atoms with Crippen LogP contribution in [0.4, 0.5) is 0 Å². The van der Waals surface area contributed by atoms with Crippen molar-refractivity contribution in [2.24, 2.45) is 0 Å². The molecule has 3 nitrogen and oxygen atoms in total. The van der Waals surface area contributed by atoms with Gasteiger partial charge in [0.15, 0.2) is 0 Å². The minimum atomic E-state index is 0.280. The molecule has 1 N–H and O–H groups in total. The summed E-state index contributed by atoms with van der Waals surface area (Å²) in [5, 5.41) is 3.58. The van der Waals surface area contributed by atoms with Gasteiger partial charge >= 0.3 is 0 Å². The fraction of sp³-hybridized carbons (Fsp3) is 0.375. The molecule has 1 aromatic carbocycles. The molecule has 19 heavy (non-hydrogen) atoms. The van der Waals surface area contributed by atoms with Crippen molar-refractivity contribution in [3.05, 3.63) is 59.7 Å². The van der Waals surface area contributed by atoms with Crippen LogP contribution < -0.4 is 5.32 Å². The van der Waals surface area contributed by atoms with E-state index >= 15 is 0 Å². The van der Waals surface area contributed by atoms with Crippen molar-refractivity contribution in [3.8, 4) is 0 Å². The Morgan fingerprint density at radius 1 is 1.16 bits per heavy atom. The highest BCUT2D eigenvalue weighted by Gasteiger charge is 2.13. The monoisotopic (exact) mass is 255 g/mol. The number of hydrogen-bond donors (Lipinski definition) is 1. The normalized spacial score (nSPS) is 12.3. The summed E-state index contributed by atoms with van der Waals surface area (Å²) in [7, 11) is 0. The standard InChI is InChI=1S/C16H21N3/c1-3-8-19-16(15-10-17-12-18-11-15)9-14-7-5-4-6-13(14)2/h4-7,10-12,16,19H,3,8-9H2,1-2H3. The number of nitrogens with zero attached hydrogens (tertiary/aromatic N) is 2. The van der Waals surface area contributed by atoms with Crippen LogP contribution in [0.5, 0.6) is 0 Å². The molecule has 2 aromatic rings. The molecule has 0 amide bonds. The molecular weight excluding hydrogens is 234 g/mol. The van der Waals surface area contributed by atoms with Gasteiger partial charge in [-0.2, -0.15) is 0 Å². The SMILES string of the molecule is CCCNC(Cc1ccccc1C)c1cncnc1. The first-order valence-electron chi connectivity index (χ1n) is 6.84. The van der Waals surface area contributed by atoms with Gasteiger partial charge in [-0.15, -0.1) is 0 Å². The van der Waals surface area contributed by atoms with Gasteiger partial charge in [0.1, 0.15) is 6.33 Å². The van der Waals surface area contributed by atoms with Crippen LogP contribution in [0, 0.1) is 6.92 Å². The summed E-state index contributed by atoms with van der Waals surface area (Å²) in [5.74, 6) is 0. The Labute approximate surface area is 115 Å². The van der Waals surface area contributed by atoms with Crippen molar-refractivity contribution < 1.29 is 0 Å². The van der Waals surface area contributed by atoms with E-state index < -0.39 is 0 Å². The number of aryl methyl sites for hydroxylation is 1. The van der Waals surface area contributed by atoms with Crippen LogP contribution in [-0.2, 0) is 6.42 Å². The van der Waals surface area contributed by atoms with Crippen LogP contribution in [0.2, 0.25) is 0 Å². The lowest BCUT2D eigenvalue weighted by Crippen LogP contribution is -2.24. The summed E-state index contributed by atoms with van der Waals surface area (Å²) in [6.45, 7) is 5.35. The third kappa shape index (κ3) is 3.86. The Bertz CT molecular complexity index is 496. The molecule has 0 fully saturated rings. The smallest absolute Gasteiger partial charge is 0.115 e. The van der Waals surface area contributed by atoms with Crippen LogP contribution in [0.1, 0.15) is 36.1 Å². The average Bonchev–Trinajstić information content (AvgIpc) is 2.46. The summed E-state index contributed by atoms with van der Waals surface area (Å²) in [6.07, 6.45) is 7.48. The molecule has 0 aliphatic rings. The van der Waals surface area contributed by atoms with E-state index in [9.17, 15) is 0 Å². The average molecular weight is 255 g/mol. The molecule has 1 aromatic heterocycles. The summed E-state index contributed by atoms with van der Waals surface area (Å²) in [6, 6.07) is 8.81. The van der Waals surface area contributed by atoms with E-state index in [0.717, 1.165) is 24.9 Å². The Hall–Kier alpha value is -1.74. The molecule has 3 heteroatoms. The third-order valence-electron chi connectivity index (χ3n) is 3.31. The van der Waals surface area contributed by atoms with Crippen molar-refractivity contribution in [1.82, 2.24) is 15.3 Å². The molecule has 100 valence electrons. The molecule has 1 atom stereocenters. The quantitative estimate of drug-likeness (QED) is 0.862. The van der Waals surface area contributed by atoms with E-state index in [2.05, 4.69) is 53.4 Å². The topological polar surface area (TPSA) is 37.8 Å². The maximum Gasteiger partial charge on any atom is 0.115 e. The zero-order valence-electron chi connectivity index (χ0n) is 11.6. The molecular formula is C16H21N3. The van der Waals surface area contributed by atoms with Gasteiger partial charge in [0.25, 0.3) is 0 Å². The van der Waals surface area contributed by atoms with Gasteiger partial charge in [-0.25, -0.2) is 9.97 Å². The Morgan fingerprint density at radius 3 is 2.58 bits per heavy atom. The number of nitrogens with one attached hydrogen (secondary N) is 1. The molecule has 0 saturated carbocycles. The third-order valence-corrected chi connectivity index (χ3v) is 3.31. The Balaban J connectivity index is 2.17. The lowest BCUT2D eigenvalue weighted by atomic mass is 9.97. The number of hydrogen-bond acceptors (Lipinski definition) is 3. The van der Waals surface area contributed by atoms with Gasteiger partial charge in [-0.05, 0) is 37.4 Å². The summed E-state index contributed by atoms with van der Waals surface area (Å²) < 4.78 is 0. The zero-order chi connectivity index (χ0) is 13.5. The van der Waals surface area contributed by atoms with Gasteiger partial charge < -0.3 is 5.32 Å². The van der Waals surface area contributed by atoms with Crippen LogP contribution >= 0.6 is 0 Å². The van der Waals surface area contributed by atoms with E-state index in [4.69, 9.17) is 0 Å². The minimum absolute atomic E-state index is 0.280. The number of aromatic nitrogens is 2. The first-order chi connectivity index (χ1) is 9.31. The van der Waals surface area contributed by atoms with Gasteiger partial charge in [-0.1, -0.05) is 31.2 Å². The Kier molecular flexibility index (Phi) is 5.04. The molecule has 1 heterocycles. The maximum atomic E-state index is 4.13. The second-order valence-electron chi connectivity index (χ2n) is 4.81. The second-order valence-corrected chi connectivity index (χ2v) is 4.81. The van der Waals surface area contributed by atoms with E-state index in [1.165, 1.54) is 11.1 Å². The van der Waals surface area contributed by atoms with Crippen LogP contribution in [0.25, 0.3) is 0 Å². The Morgan fingerprint density at radius 2 is 1.89 bits per heavy atom. The predicted octanol–water partition coefficient (Wildman–Crippen LogP) is 3.07.